The number of nitrogens with one attached hydrogen (secondary N) is 2. The minimum atomic E-state index is -3.89. The van der Waals surface area contributed by atoms with Gasteiger partial charge in [0.25, 0.3) is 0 Å². The Kier molecular flexibility index (Phi) is 6.39. The lowest BCUT2D eigenvalue weighted by Crippen LogP contribution is -2.28. The van der Waals surface area contributed by atoms with Crippen molar-refractivity contribution in [3.05, 3.63) is 28.5 Å². The number of sulfonamides is 1. The Balaban J connectivity index is 3.13. The molecule has 0 aliphatic carbocycles. The summed E-state index contributed by atoms with van der Waals surface area (Å²) < 4.78 is 40.9. The van der Waals surface area contributed by atoms with Gasteiger partial charge in [-0.2, -0.15) is 0 Å². The maximum absolute atomic E-state index is 14.3. The molecule has 1 rings (SSSR count). The first-order chi connectivity index (χ1) is 9.27. The molecule has 0 fully saturated rings. The highest BCUT2D eigenvalue weighted by Crippen LogP contribution is 2.23. The van der Waals surface area contributed by atoms with Crippen LogP contribution in [0, 0.1) is 11.7 Å². The lowest BCUT2D eigenvalue weighted by Gasteiger charge is -2.12. The van der Waals surface area contributed by atoms with Crippen molar-refractivity contribution < 1.29 is 12.8 Å². The summed E-state index contributed by atoms with van der Waals surface area (Å²) in [5, 5.41) is 3.15. The van der Waals surface area contributed by atoms with Gasteiger partial charge in [0.1, 0.15) is 10.7 Å². The second-order valence-electron chi connectivity index (χ2n) is 4.90. The van der Waals surface area contributed by atoms with Gasteiger partial charge < -0.3 is 5.32 Å². The molecule has 0 aliphatic rings. The van der Waals surface area contributed by atoms with Crippen LogP contribution in [0.5, 0.6) is 0 Å². The third kappa shape index (κ3) is 4.70. The van der Waals surface area contributed by atoms with E-state index < -0.39 is 20.7 Å². The van der Waals surface area contributed by atoms with Crippen molar-refractivity contribution in [2.45, 2.75) is 32.2 Å². The van der Waals surface area contributed by atoms with Gasteiger partial charge in [-0.25, -0.2) is 17.5 Å². The lowest BCUT2D eigenvalue weighted by atomic mass is 10.2. The van der Waals surface area contributed by atoms with Crippen LogP contribution in [0.1, 0.15) is 26.3 Å². The molecule has 0 bridgehead atoms. The highest BCUT2D eigenvalue weighted by molar-refractivity contribution is 7.89. The molecule has 0 aliphatic heterocycles. The largest absolute Gasteiger partial charge is 0.313 e. The molecule has 2 N–H and O–H groups in total. The van der Waals surface area contributed by atoms with E-state index in [1.54, 1.807) is 0 Å². The summed E-state index contributed by atoms with van der Waals surface area (Å²) >= 11 is 5.88. The second kappa shape index (κ2) is 7.36. The van der Waals surface area contributed by atoms with Gasteiger partial charge in [-0.1, -0.05) is 32.4 Å². The topological polar surface area (TPSA) is 58.2 Å². The number of hydrogen-bond donors (Lipinski definition) is 2. The van der Waals surface area contributed by atoms with Gasteiger partial charge in [0.2, 0.25) is 10.0 Å². The molecule has 0 heterocycles. The maximum Gasteiger partial charge on any atom is 0.243 e. The van der Waals surface area contributed by atoms with Crippen molar-refractivity contribution in [1.29, 1.82) is 0 Å². The summed E-state index contributed by atoms with van der Waals surface area (Å²) in [5.41, 5.74) is 0.240. The average Bonchev–Trinajstić information content (AvgIpc) is 2.37. The standard InChI is InChI=1S/C13H20ClFN2O2S/c1-4-16-8-10-5-11(14)6-12(13(10)15)20(18,19)17-7-9(2)3/h5-6,9,16-17H,4,7-8H2,1-3H3. The van der Waals surface area contributed by atoms with E-state index in [4.69, 9.17) is 11.6 Å². The second-order valence-corrected chi connectivity index (χ2v) is 7.07. The van der Waals surface area contributed by atoms with Crippen LogP contribution in [-0.2, 0) is 16.6 Å². The van der Waals surface area contributed by atoms with Crippen molar-refractivity contribution in [2.75, 3.05) is 13.1 Å². The van der Waals surface area contributed by atoms with Gasteiger partial charge in [0.15, 0.2) is 0 Å². The Labute approximate surface area is 124 Å². The minimum absolute atomic E-state index is 0.133. The molecule has 0 atom stereocenters. The Morgan fingerprint density at radius 1 is 1.35 bits per heavy atom. The van der Waals surface area contributed by atoms with E-state index in [9.17, 15) is 12.8 Å². The number of benzene rings is 1. The summed E-state index contributed by atoms with van der Waals surface area (Å²) in [6.45, 7) is 6.75. The van der Waals surface area contributed by atoms with Crippen molar-refractivity contribution in [3.63, 3.8) is 0 Å². The zero-order valence-electron chi connectivity index (χ0n) is 11.8. The zero-order valence-corrected chi connectivity index (χ0v) is 13.4. The fraction of sp³-hybridized carbons (Fsp3) is 0.538. The number of hydrogen-bond acceptors (Lipinski definition) is 3. The van der Waals surface area contributed by atoms with Crippen LogP contribution in [0.3, 0.4) is 0 Å². The Hall–Kier alpha value is -0.690. The highest BCUT2D eigenvalue weighted by Gasteiger charge is 2.22. The van der Waals surface area contributed by atoms with Gasteiger partial charge in [0, 0.05) is 23.7 Å². The minimum Gasteiger partial charge on any atom is -0.313 e. The Morgan fingerprint density at radius 3 is 2.55 bits per heavy atom. The zero-order chi connectivity index (χ0) is 15.3. The predicted molar refractivity (Wildman–Crippen MR) is 78.8 cm³/mol. The number of halogens is 2. The first kappa shape index (κ1) is 17.4. The van der Waals surface area contributed by atoms with E-state index in [1.807, 2.05) is 20.8 Å². The normalized spacial score (nSPS) is 12.1. The predicted octanol–water partition coefficient (Wildman–Crippen LogP) is 2.52. The molecule has 7 heteroatoms. The highest BCUT2D eigenvalue weighted by atomic mass is 35.5. The molecular formula is C13H20ClFN2O2S. The molecule has 20 heavy (non-hydrogen) atoms. The van der Waals surface area contributed by atoms with Crippen molar-refractivity contribution in [3.8, 4) is 0 Å². The van der Waals surface area contributed by atoms with E-state index in [-0.39, 0.29) is 29.6 Å². The summed E-state index contributed by atoms with van der Waals surface area (Å²) in [5.74, 6) is -0.625. The van der Waals surface area contributed by atoms with Gasteiger partial charge in [0.05, 0.1) is 0 Å². The lowest BCUT2D eigenvalue weighted by molar-refractivity contribution is 0.534. The van der Waals surface area contributed by atoms with E-state index in [2.05, 4.69) is 10.0 Å². The van der Waals surface area contributed by atoms with Gasteiger partial charge in [-0.05, 0) is 24.6 Å². The van der Waals surface area contributed by atoms with Crippen LogP contribution in [0.2, 0.25) is 5.02 Å². The van der Waals surface area contributed by atoms with Crippen molar-refractivity contribution in [2.24, 2.45) is 5.92 Å². The van der Waals surface area contributed by atoms with Gasteiger partial charge in [-0.15, -0.1) is 0 Å². The SMILES string of the molecule is CCNCc1cc(Cl)cc(S(=O)(=O)NCC(C)C)c1F. The smallest absolute Gasteiger partial charge is 0.243 e. The molecule has 1 aromatic carbocycles. The summed E-state index contributed by atoms with van der Waals surface area (Å²) in [6, 6.07) is 2.57. The molecule has 114 valence electrons. The number of rotatable bonds is 7. The Bertz CT molecular complexity index is 562. The van der Waals surface area contributed by atoms with Crippen molar-refractivity contribution >= 4 is 21.6 Å². The van der Waals surface area contributed by atoms with Crippen LogP contribution >= 0.6 is 11.6 Å². The molecule has 0 saturated heterocycles. The molecule has 0 spiro atoms. The molecular weight excluding hydrogens is 303 g/mol. The molecule has 0 radical (unpaired) electrons. The quantitative estimate of drug-likeness (QED) is 0.811. The first-order valence-corrected chi connectivity index (χ1v) is 8.32. The van der Waals surface area contributed by atoms with Crippen LogP contribution in [-0.4, -0.2) is 21.5 Å². The van der Waals surface area contributed by atoms with E-state index >= 15 is 0 Å². The summed E-state index contributed by atoms with van der Waals surface area (Å²) in [7, 11) is -3.89. The van der Waals surface area contributed by atoms with Gasteiger partial charge in [-0.3, -0.25) is 0 Å². The molecule has 1 aromatic rings. The third-order valence-corrected chi connectivity index (χ3v) is 4.26. The van der Waals surface area contributed by atoms with Crippen molar-refractivity contribution in [1.82, 2.24) is 10.0 Å². The third-order valence-electron chi connectivity index (χ3n) is 2.62. The first-order valence-electron chi connectivity index (χ1n) is 6.46. The van der Waals surface area contributed by atoms with Crippen LogP contribution in [0.15, 0.2) is 17.0 Å². The average molecular weight is 323 g/mol. The maximum atomic E-state index is 14.3. The van der Waals surface area contributed by atoms with Crippen LogP contribution in [0.4, 0.5) is 4.39 Å². The van der Waals surface area contributed by atoms with E-state index in [0.717, 1.165) is 6.07 Å². The summed E-state index contributed by atoms with van der Waals surface area (Å²) in [4.78, 5) is -0.404. The molecule has 4 nitrogen and oxygen atoms in total. The molecule has 0 unspecified atom stereocenters. The van der Waals surface area contributed by atoms with Crippen LogP contribution in [0.25, 0.3) is 0 Å². The fourth-order valence-corrected chi connectivity index (χ4v) is 3.22. The monoisotopic (exact) mass is 322 g/mol. The van der Waals surface area contributed by atoms with Crippen LogP contribution < -0.4 is 10.0 Å². The van der Waals surface area contributed by atoms with Gasteiger partial charge >= 0.3 is 0 Å². The molecule has 0 saturated carbocycles. The van der Waals surface area contributed by atoms with E-state index in [0.29, 0.717) is 6.54 Å². The fourth-order valence-electron chi connectivity index (χ4n) is 1.56. The molecule has 0 amide bonds. The van der Waals surface area contributed by atoms with E-state index in [1.165, 1.54) is 6.07 Å². The molecule has 0 aromatic heterocycles. The Morgan fingerprint density at radius 2 is 2.00 bits per heavy atom. The summed E-state index contributed by atoms with van der Waals surface area (Å²) in [6.07, 6.45) is 0.